The van der Waals surface area contributed by atoms with Crippen molar-refractivity contribution in [2.24, 2.45) is 0 Å². The standard InChI is InChI=1S/Fe.H3N.H2O4S.H2O2/c;;1-5(2,3)4;1-2/h;1H3;(H2,1,2,3,4);1-2H. The Kier molecular flexibility index (Phi) is 28.2. The first kappa shape index (κ1) is 22.8. The van der Waals surface area contributed by atoms with Gasteiger partial charge in [-0.2, -0.15) is 8.42 Å². The van der Waals surface area contributed by atoms with Gasteiger partial charge in [-0.05, 0) is 0 Å². The number of hydrogen-bond donors (Lipinski definition) is 5. The molecule has 9 heavy (non-hydrogen) atoms. The maximum absolute atomic E-state index is 8.74. The molecule has 0 aromatic heterocycles. The molecule has 0 rings (SSSR count). The molecular formula is H7FeNO6S. The first-order valence-electron chi connectivity index (χ1n) is 0.898. The zero-order valence-corrected chi connectivity index (χ0v) is 5.99. The molecule has 0 fully saturated rings. The molecule has 0 radical (unpaired) electrons. The largest absolute Gasteiger partial charge is 0.394 e. The third kappa shape index (κ3) is 4480. The monoisotopic (exact) mass is 205 g/mol. The summed E-state index contributed by atoms with van der Waals surface area (Å²) in [4.78, 5) is 0. The average Bonchev–Trinajstić information content (AvgIpc) is 1.36. The van der Waals surface area contributed by atoms with Crippen molar-refractivity contribution in [1.82, 2.24) is 6.15 Å². The Hall–Kier alpha value is 0.269. The van der Waals surface area contributed by atoms with Crippen molar-refractivity contribution < 1.29 is 45.1 Å². The van der Waals surface area contributed by atoms with Crippen LogP contribution in [-0.4, -0.2) is 28.0 Å². The van der Waals surface area contributed by atoms with E-state index in [1.54, 1.807) is 0 Å². The smallest absolute Gasteiger partial charge is 0.344 e. The molecule has 0 aliphatic carbocycles. The second-order valence-electron chi connectivity index (χ2n) is 0.448. The van der Waals surface area contributed by atoms with Crippen LogP contribution < -0.4 is 6.15 Å². The fourth-order valence-corrected chi connectivity index (χ4v) is 0. The van der Waals surface area contributed by atoms with Gasteiger partial charge in [0.05, 0.1) is 0 Å². The Morgan fingerprint density at radius 1 is 1.00 bits per heavy atom. The van der Waals surface area contributed by atoms with Gasteiger partial charge in [-0.1, -0.05) is 0 Å². The Balaban J connectivity index is -0.0000000286. The molecule has 0 aliphatic heterocycles. The van der Waals surface area contributed by atoms with Gasteiger partial charge in [-0.25, -0.2) is 0 Å². The summed E-state index contributed by atoms with van der Waals surface area (Å²) in [6.45, 7) is 0. The molecule has 0 aromatic rings. The maximum atomic E-state index is 8.74. The van der Waals surface area contributed by atoms with E-state index in [2.05, 4.69) is 0 Å². The molecule has 0 spiro atoms. The molecule has 62 valence electrons. The fourth-order valence-electron chi connectivity index (χ4n) is 0. The van der Waals surface area contributed by atoms with Gasteiger partial charge < -0.3 is 6.15 Å². The van der Waals surface area contributed by atoms with Crippen LogP contribution in [-0.2, 0) is 27.5 Å². The molecule has 0 bridgehead atoms. The molecule has 0 aromatic carbocycles. The summed E-state index contributed by atoms with van der Waals surface area (Å²) >= 11 is 0. The molecule has 0 heterocycles. The molecule has 0 aliphatic rings. The van der Waals surface area contributed by atoms with Crippen LogP contribution in [0.5, 0.6) is 0 Å². The number of hydrogen-bond acceptors (Lipinski definition) is 5. The van der Waals surface area contributed by atoms with Crippen LogP contribution in [0, 0.1) is 0 Å². The number of rotatable bonds is 0. The molecular weight excluding hydrogens is 198 g/mol. The van der Waals surface area contributed by atoms with Crippen molar-refractivity contribution in [3.63, 3.8) is 0 Å². The van der Waals surface area contributed by atoms with Crippen LogP contribution in [0.1, 0.15) is 0 Å². The van der Waals surface area contributed by atoms with E-state index in [9.17, 15) is 0 Å². The van der Waals surface area contributed by atoms with Crippen molar-refractivity contribution in [2.45, 2.75) is 0 Å². The first-order chi connectivity index (χ1) is 3.00. The van der Waals surface area contributed by atoms with Crippen molar-refractivity contribution in [1.29, 1.82) is 0 Å². The first-order valence-corrected chi connectivity index (χ1v) is 2.30. The van der Waals surface area contributed by atoms with Gasteiger partial charge in [0.25, 0.3) is 0 Å². The predicted molar refractivity (Wildman–Crippen MR) is 24.5 cm³/mol. The van der Waals surface area contributed by atoms with Crippen LogP contribution in [0.15, 0.2) is 0 Å². The van der Waals surface area contributed by atoms with E-state index in [1.807, 2.05) is 0 Å². The molecule has 0 unspecified atom stereocenters. The van der Waals surface area contributed by atoms with Crippen LogP contribution in [0.4, 0.5) is 0 Å². The summed E-state index contributed by atoms with van der Waals surface area (Å²) in [7, 11) is -4.67. The second-order valence-corrected chi connectivity index (χ2v) is 1.34. The van der Waals surface area contributed by atoms with E-state index in [0.29, 0.717) is 0 Å². The summed E-state index contributed by atoms with van der Waals surface area (Å²) in [5.41, 5.74) is 0. The van der Waals surface area contributed by atoms with E-state index in [4.69, 9.17) is 28.0 Å². The van der Waals surface area contributed by atoms with Gasteiger partial charge in [0.15, 0.2) is 0 Å². The quantitative estimate of drug-likeness (QED) is 0.155. The van der Waals surface area contributed by atoms with Gasteiger partial charge in [-0.15, -0.1) is 0 Å². The molecule has 0 saturated carbocycles. The SMILES string of the molecule is N.O=S(=O)(O)O.OO.[Fe]. The maximum Gasteiger partial charge on any atom is 0.394 e. The van der Waals surface area contributed by atoms with E-state index < -0.39 is 10.4 Å². The molecule has 0 amide bonds. The van der Waals surface area contributed by atoms with Gasteiger partial charge in [-0.3, -0.25) is 19.6 Å². The van der Waals surface area contributed by atoms with Crippen molar-refractivity contribution in [2.75, 3.05) is 0 Å². The molecule has 7 nitrogen and oxygen atoms in total. The summed E-state index contributed by atoms with van der Waals surface area (Å²) in [6, 6.07) is 0. The Labute approximate surface area is 62.3 Å². The molecule has 9 heteroatoms. The zero-order valence-electron chi connectivity index (χ0n) is 4.07. The van der Waals surface area contributed by atoms with Crippen LogP contribution in [0.25, 0.3) is 0 Å². The second kappa shape index (κ2) is 11.1. The Morgan fingerprint density at radius 3 is 1.00 bits per heavy atom. The van der Waals surface area contributed by atoms with Crippen LogP contribution in [0.2, 0.25) is 0 Å². The normalized spacial score (nSPS) is 7.11. The summed E-state index contributed by atoms with van der Waals surface area (Å²) in [5.74, 6) is 0. The van der Waals surface area contributed by atoms with E-state index in [0.717, 1.165) is 0 Å². The summed E-state index contributed by atoms with van der Waals surface area (Å²) < 4.78 is 31.6. The third-order valence-corrected chi connectivity index (χ3v) is 0. The summed E-state index contributed by atoms with van der Waals surface area (Å²) in [6.07, 6.45) is 0. The topological polar surface area (TPSA) is 150 Å². The molecule has 7 N–H and O–H groups in total. The van der Waals surface area contributed by atoms with Gasteiger partial charge >= 0.3 is 10.4 Å². The van der Waals surface area contributed by atoms with Crippen molar-refractivity contribution in [3.8, 4) is 0 Å². The van der Waals surface area contributed by atoms with Gasteiger partial charge in [0.1, 0.15) is 0 Å². The molecule has 0 atom stereocenters. The van der Waals surface area contributed by atoms with Gasteiger partial charge in [0, 0.05) is 17.1 Å². The average molecular weight is 205 g/mol. The minimum atomic E-state index is -4.67. The Bertz CT molecular complexity index is 96.2. The zero-order chi connectivity index (χ0) is 6.50. The predicted octanol–water partition coefficient (Wildman–Crippen LogP) is -0.476. The fraction of sp³-hybridized carbons (Fsp3) is 0. The van der Waals surface area contributed by atoms with Crippen molar-refractivity contribution in [3.05, 3.63) is 0 Å². The van der Waals surface area contributed by atoms with E-state index in [1.165, 1.54) is 0 Å². The summed E-state index contributed by atoms with van der Waals surface area (Å²) in [5, 5.41) is 12.0. The molecule has 0 saturated heterocycles. The van der Waals surface area contributed by atoms with E-state index in [-0.39, 0.29) is 23.2 Å². The van der Waals surface area contributed by atoms with Crippen LogP contribution in [0.3, 0.4) is 0 Å². The van der Waals surface area contributed by atoms with E-state index >= 15 is 0 Å². The van der Waals surface area contributed by atoms with Gasteiger partial charge in [0.2, 0.25) is 0 Å². The Morgan fingerprint density at radius 2 is 1.00 bits per heavy atom. The minimum Gasteiger partial charge on any atom is -0.344 e. The van der Waals surface area contributed by atoms with Crippen molar-refractivity contribution >= 4 is 10.4 Å². The third-order valence-electron chi connectivity index (χ3n) is 0. The van der Waals surface area contributed by atoms with Crippen LogP contribution >= 0.6 is 0 Å². The minimum absolute atomic E-state index is 0.